The minimum absolute atomic E-state index is 0.0991. The van der Waals surface area contributed by atoms with Gasteiger partial charge in [0.2, 0.25) is 0 Å². The van der Waals surface area contributed by atoms with E-state index in [0.717, 1.165) is 22.6 Å². The molecule has 1 unspecified atom stereocenters. The molecule has 1 heterocycles. The van der Waals surface area contributed by atoms with Crippen molar-refractivity contribution in [3.05, 3.63) is 57.9 Å². The van der Waals surface area contributed by atoms with Crippen LogP contribution in [-0.2, 0) is 0 Å². The average molecular weight is 291 g/mol. The van der Waals surface area contributed by atoms with Crippen molar-refractivity contribution >= 4 is 11.6 Å². The SMILES string of the molecule is CNC(c1ccc(C)c(C)c1OC)c1ncccc1Cl. The highest BCUT2D eigenvalue weighted by Crippen LogP contribution is 2.35. The maximum atomic E-state index is 6.27. The number of hydrogen-bond donors (Lipinski definition) is 1. The van der Waals surface area contributed by atoms with Gasteiger partial charge in [-0.25, -0.2) is 0 Å². The summed E-state index contributed by atoms with van der Waals surface area (Å²) in [5.41, 5.74) is 4.18. The molecule has 0 aliphatic rings. The van der Waals surface area contributed by atoms with Crippen LogP contribution in [-0.4, -0.2) is 19.1 Å². The molecule has 1 aromatic carbocycles. The van der Waals surface area contributed by atoms with E-state index < -0.39 is 0 Å². The van der Waals surface area contributed by atoms with E-state index in [1.54, 1.807) is 13.3 Å². The standard InChI is InChI=1S/C16H19ClN2O/c1-10-7-8-12(16(20-4)11(10)2)14(18-3)15-13(17)6-5-9-19-15/h5-9,14,18H,1-4H3. The molecule has 0 bridgehead atoms. The van der Waals surface area contributed by atoms with Crippen LogP contribution in [0.5, 0.6) is 5.75 Å². The lowest BCUT2D eigenvalue weighted by Gasteiger charge is -2.22. The van der Waals surface area contributed by atoms with E-state index in [1.807, 2.05) is 19.2 Å². The molecule has 0 spiro atoms. The predicted octanol–water partition coefficient (Wildman–Crippen LogP) is 3.67. The largest absolute Gasteiger partial charge is 0.496 e. The van der Waals surface area contributed by atoms with Crippen molar-refractivity contribution in [2.45, 2.75) is 19.9 Å². The summed E-state index contributed by atoms with van der Waals surface area (Å²) in [5, 5.41) is 3.92. The van der Waals surface area contributed by atoms with E-state index in [0.29, 0.717) is 5.02 Å². The van der Waals surface area contributed by atoms with Gasteiger partial charge in [0.1, 0.15) is 5.75 Å². The second-order valence-electron chi connectivity index (χ2n) is 4.72. The Morgan fingerprint density at radius 2 is 2.00 bits per heavy atom. The number of nitrogens with zero attached hydrogens (tertiary/aromatic N) is 1. The number of benzene rings is 1. The first kappa shape index (κ1) is 14.8. The molecule has 1 aromatic heterocycles. The average Bonchev–Trinajstić information content (AvgIpc) is 2.45. The second-order valence-corrected chi connectivity index (χ2v) is 5.13. The molecule has 0 aliphatic carbocycles. The summed E-state index contributed by atoms with van der Waals surface area (Å²) in [6.45, 7) is 4.13. The number of methoxy groups -OCH3 is 1. The monoisotopic (exact) mass is 290 g/mol. The Morgan fingerprint density at radius 3 is 2.60 bits per heavy atom. The fraction of sp³-hybridized carbons (Fsp3) is 0.312. The van der Waals surface area contributed by atoms with Crippen molar-refractivity contribution in [1.82, 2.24) is 10.3 Å². The molecular weight excluding hydrogens is 272 g/mol. The summed E-state index contributed by atoms with van der Waals surface area (Å²) >= 11 is 6.27. The van der Waals surface area contributed by atoms with Crippen LogP contribution in [0.25, 0.3) is 0 Å². The van der Waals surface area contributed by atoms with E-state index in [1.165, 1.54) is 5.56 Å². The van der Waals surface area contributed by atoms with Crippen LogP contribution in [0.15, 0.2) is 30.5 Å². The second kappa shape index (κ2) is 6.25. The van der Waals surface area contributed by atoms with Crippen LogP contribution >= 0.6 is 11.6 Å². The van der Waals surface area contributed by atoms with Gasteiger partial charge in [0, 0.05) is 11.8 Å². The summed E-state index contributed by atoms with van der Waals surface area (Å²) in [7, 11) is 3.59. The van der Waals surface area contributed by atoms with Gasteiger partial charge >= 0.3 is 0 Å². The van der Waals surface area contributed by atoms with Gasteiger partial charge in [0.05, 0.1) is 23.9 Å². The molecule has 4 heteroatoms. The molecule has 106 valence electrons. The molecule has 0 aliphatic heterocycles. The Bertz CT molecular complexity index is 613. The van der Waals surface area contributed by atoms with Crippen molar-refractivity contribution < 1.29 is 4.74 Å². The Kier molecular flexibility index (Phi) is 4.63. The Balaban J connectivity index is 2.59. The van der Waals surface area contributed by atoms with Crippen LogP contribution in [0.2, 0.25) is 5.02 Å². The first-order valence-electron chi connectivity index (χ1n) is 6.52. The van der Waals surface area contributed by atoms with Crippen LogP contribution in [0.3, 0.4) is 0 Å². The molecule has 1 atom stereocenters. The van der Waals surface area contributed by atoms with Gasteiger partial charge in [-0.3, -0.25) is 4.98 Å². The zero-order chi connectivity index (χ0) is 14.7. The van der Waals surface area contributed by atoms with Gasteiger partial charge in [-0.1, -0.05) is 23.7 Å². The lowest BCUT2D eigenvalue weighted by Crippen LogP contribution is -2.20. The van der Waals surface area contributed by atoms with Crippen LogP contribution < -0.4 is 10.1 Å². The zero-order valence-electron chi connectivity index (χ0n) is 12.2. The molecule has 2 aromatic rings. The fourth-order valence-electron chi connectivity index (χ4n) is 2.36. The zero-order valence-corrected chi connectivity index (χ0v) is 13.0. The number of rotatable bonds is 4. The normalized spacial score (nSPS) is 12.2. The van der Waals surface area contributed by atoms with Crippen molar-refractivity contribution in [3.8, 4) is 5.75 Å². The third kappa shape index (κ3) is 2.65. The highest BCUT2D eigenvalue weighted by Gasteiger charge is 2.21. The number of halogens is 1. The maximum absolute atomic E-state index is 6.27. The summed E-state index contributed by atoms with van der Waals surface area (Å²) < 4.78 is 5.59. The van der Waals surface area contributed by atoms with Gasteiger partial charge in [-0.2, -0.15) is 0 Å². The van der Waals surface area contributed by atoms with Gasteiger partial charge < -0.3 is 10.1 Å². The van der Waals surface area contributed by atoms with E-state index >= 15 is 0 Å². The number of nitrogens with one attached hydrogen (secondary N) is 1. The van der Waals surface area contributed by atoms with Gasteiger partial charge in [0.15, 0.2) is 0 Å². The minimum atomic E-state index is -0.0991. The molecule has 0 saturated carbocycles. The first-order chi connectivity index (χ1) is 9.60. The molecule has 0 amide bonds. The molecule has 0 saturated heterocycles. The summed E-state index contributed by atoms with van der Waals surface area (Å²) in [6.07, 6.45) is 1.75. The number of aromatic nitrogens is 1. The van der Waals surface area contributed by atoms with E-state index in [-0.39, 0.29) is 6.04 Å². The van der Waals surface area contributed by atoms with Gasteiger partial charge in [-0.05, 0) is 44.2 Å². The van der Waals surface area contributed by atoms with Crippen LogP contribution in [0.1, 0.15) is 28.4 Å². The lowest BCUT2D eigenvalue weighted by molar-refractivity contribution is 0.401. The highest BCUT2D eigenvalue weighted by atomic mass is 35.5. The number of aryl methyl sites for hydroxylation is 1. The Labute approximate surface area is 124 Å². The number of hydrogen-bond acceptors (Lipinski definition) is 3. The molecular formula is C16H19ClN2O. The van der Waals surface area contributed by atoms with E-state index in [4.69, 9.17) is 16.3 Å². The van der Waals surface area contributed by atoms with Crippen LogP contribution in [0.4, 0.5) is 0 Å². The van der Waals surface area contributed by atoms with Crippen molar-refractivity contribution in [2.24, 2.45) is 0 Å². The smallest absolute Gasteiger partial charge is 0.127 e. The quantitative estimate of drug-likeness (QED) is 0.933. The van der Waals surface area contributed by atoms with Crippen molar-refractivity contribution in [3.63, 3.8) is 0 Å². The first-order valence-corrected chi connectivity index (χ1v) is 6.89. The molecule has 20 heavy (non-hydrogen) atoms. The molecule has 0 fully saturated rings. The topological polar surface area (TPSA) is 34.1 Å². The summed E-state index contributed by atoms with van der Waals surface area (Å²) in [4.78, 5) is 4.40. The molecule has 2 rings (SSSR count). The fourth-order valence-corrected chi connectivity index (χ4v) is 2.59. The van der Waals surface area contributed by atoms with Gasteiger partial charge in [-0.15, -0.1) is 0 Å². The molecule has 3 nitrogen and oxygen atoms in total. The van der Waals surface area contributed by atoms with Gasteiger partial charge in [0.25, 0.3) is 0 Å². The third-order valence-electron chi connectivity index (χ3n) is 3.57. The number of ether oxygens (including phenoxy) is 1. The van der Waals surface area contributed by atoms with Crippen molar-refractivity contribution in [2.75, 3.05) is 14.2 Å². The number of pyridine rings is 1. The summed E-state index contributed by atoms with van der Waals surface area (Å²) in [6, 6.07) is 7.73. The minimum Gasteiger partial charge on any atom is -0.496 e. The van der Waals surface area contributed by atoms with Crippen LogP contribution in [0, 0.1) is 13.8 Å². The lowest BCUT2D eigenvalue weighted by atomic mass is 9.97. The molecule has 0 radical (unpaired) electrons. The predicted molar refractivity (Wildman–Crippen MR) is 82.6 cm³/mol. The Morgan fingerprint density at radius 1 is 1.25 bits per heavy atom. The van der Waals surface area contributed by atoms with E-state index in [2.05, 4.69) is 36.3 Å². The van der Waals surface area contributed by atoms with Crippen molar-refractivity contribution in [1.29, 1.82) is 0 Å². The summed E-state index contributed by atoms with van der Waals surface area (Å²) in [5.74, 6) is 0.881. The third-order valence-corrected chi connectivity index (χ3v) is 3.89. The molecule has 1 N–H and O–H groups in total. The Hall–Kier alpha value is -1.58. The maximum Gasteiger partial charge on any atom is 0.127 e. The van der Waals surface area contributed by atoms with E-state index in [9.17, 15) is 0 Å². The highest BCUT2D eigenvalue weighted by molar-refractivity contribution is 6.31.